The van der Waals surface area contributed by atoms with Gasteiger partial charge < -0.3 is 33.8 Å². The van der Waals surface area contributed by atoms with Crippen molar-refractivity contribution in [2.24, 2.45) is 11.8 Å². The van der Waals surface area contributed by atoms with E-state index >= 15 is 0 Å². The van der Waals surface area contributed by atoms with Crippen LogP contribution in [0.5, 0.6) is 0 Å². The third-order valence-corrected chi connectivity index (χ3v) is 20.2. The van der Waals surface area contributed by atoms with Crippen LogP contribution >= 0.6 is 15.6 Å². The minimum Gasteiger partial charge on any atom is -0.462 e. The average molecular weight is 1410 g/mol. The maximum Gasteiger partial charge on any atom is 0.472 e. The van der Waals surface area contributed by atoms with E-state index in [-0.39, 0.29) is 25.7 Å². The molecule has 0 rings (SSSR count). The van der Waals surface area contributed by atoms with Crippen LogP contribution in [0.3, 0.4) is 0 Å². The van der Waals surface area contributed by atoms with E-state index in [0.717, 1.165) is 115 Å². The lowest BCUT2D eigenvalue weighted by atomic mass is 9.99. The van der Waals surface area contributed by atoms with Crippen molar-refractivity contribution in [1.29, 1.82) is 0 Å². The summed E-state index contributed by atoms with van der Waals surface area (Å²) in [4.78, 5) is 72.7. The molecule has 0 radical (unpaired) electrons. The molecule has 6 atom stereocenters. The fraction of sp³-hybridized carbons (Fsp3) is 0.948. The van der Waals surface area contributed by atoms with Gasteiger partial charge in [-0.05, 0) is 37.5 Å². The second kappa shape index (κ2) is 68.8. The fourth-order valence-corrected chi connectivity index (χ4v) is 13.4. The van der Waals surface area contributed by atoms with E-state index in [4.69, 9.17) is 37.0 Å². The number of aliphatic hydroxyl groups is 1. The molecule has 0 aliphatic heterocycles. The number of ether oxygens (including phenoxy) is 4. The molecule has 0 heterocycles. The Morgan fingerprint density at radius 3 is 0.792 bits per heavy atom. The van der Waals surface area contributed by atoms with Gasteiger partial charge in [0.2, 0.25) is 0 Å². The SMILES string of the molecule is CCCCCCCCCCCCCCCC(=O)O[C@H](COC(=O)CCCCCCCCC)COP(=O)(O)OC[C@H](O)COP(=O)(O)OC[C@@H](COC(=O)CCCCCCCCCCCCCCCCC(C)CC)OC(=O)CCCCCCCCCCCCCCCCCC(C)C. The van der Waals surface area contributed by atoms with E-state index in [0.29, 0.717) is 25.7 Å². The van der Waals surface area contributed by atoms with Crippen molar-refractivity contribution in [3.8, 4) is 0 Å². The predicted octanol–water partition coefficient (Wildman–Crippen LogP) is 22.7. The number of carbonyl (C=O) groups is 4. The lowest BCUT2D eigenvalue weighted by Crippen LogP contribution is -2.30. The highest BCUT2D eigenvalue weighted by Gasteiger charge is 2.30. The zero-order chi connectivity index (χ0) is 70.7. The number of hydrogen-bond acceptors (Lipinski definition) is 15. The Balaban J connectivity index is 5.19. The predicted molar refractivity (Wildman–Crippen MR) is 391 cm³/mol. The molecule has 0 saturated heterocycles. The first-order chi connectivity index (χ1) is 46.4. The van der Waals surface area contributed by atoms with Gasteiger partial charge in [-0.15, -0.1) is 0 Å². The van der Waals surface area contributed by atoms with E-state index in [2.05, 4.69) is 41.5 Å². The second-order valence-electron chi connectivity index (χ2n) is 28.5. The van der Waals surface area contributed by atoms with Gasteiger partial charge in [-0.25, -0.2) is 9.13 Å². The lowest BCUT2D eigenvalue weighted by Gasteiger charge is -2.21. The van der Waals surface area contributed by atoms with Gasteiger partial charge in [0.15, 0.2) is 12.2 Å². The largest absolute Gasteiger partial charge is 0.472 e. The maximum absolute atomic E-state index is 13.1. The van der Waals surface area contributed by atoms with Crippen LogP contribution in [0.25, 0.3) is 0 Å². The monoisotopic (exact) mass is 1410 g/mol. The molecule has 0 bridgehead atoms. The van der Waals surface area contributed by atoms with Gasteiger partial charge in [0.05, 0.1) is 26.4 Å². The van der Waals surface area contributed by atoms with Gasteiger partial charge >= 0.3 is 39.5 Å². The second-order valence-corrected chi connectivity index (χ2v) is 31.4. The van der Waals surface area contributed by atoms with Gasteiger partial charge in [0.1, 0.15) is 19.3 Å². The third-order valence-electron chi connectivity index (χ3n) is 18.3. The summed E-state index contributed by atoms with van der Waals surface area (Å²) in [6, 6.07) is 0. The molecule has 0 aromatic carbocycles. The van der Waals surface area contributed by atoms with Crippen LogP contribution in [-0.4, -0.2) is 96.7 Å². The highest BCUT2D eigenvalue weighted by atomic mass is 31.2. The molecular formula is C77H150O17P2. The summed E-state index contributed by atoms with van der Waals surface area (Å²) in [5.41, 5.74) is 0. The number of unbranched alkanes of at least 4 members (excludes halogenated alkanes) is 45. The van der Waals surface area contributed by atoms with Gasteiger partial charge in [-0.2, -0.15) is 0 Å². The Kier molecular flexibility index (Phi) is 67.4. The number of phosphoric acid groups is 2. The molecule has 17 nitrogen and oxygen atoms in total. The number of aliphatic hydroxyl groups excluding tert-OH is 1. The van der Waals surface area contributed by atoms with Crippen LogP contribution in [0.4, 0.5) is 0 Å². The molecule has 96 heavy (non-hydrogen) atoms. The minimum absolute atomic E-state index is 0.107. The number of rotatable bonds is 76. The molecule has 0 saturated carbocycles. The van der Waals surface area contributed by atoms with Gasteiger partial charge in [0.25, 0.3) is 0 Å². The first-order valence-electron chi connectivity index (χ1n) is 40.0. The zero-order valence-electron chi connectivity index (χ0n) is 62.7. The van der Waals surface area contributed by atoms with E-state index in [1.54, 1.807) is 0 Å². The summed E-state index contributed by atoms with van der Waals surface area (Å²) in [7, 11) is -9.91. The molecular weight excluding hydrogens is 1260 g/mol. The molecule has 570 valence electrons. The summed E-state index contributed by atoms with van der Waals surface area (Å²) in [6.07, 6.45) is 56.9. The van der Waals surface area contributed by atoms with Gasteiger partial charge in [-0.1, -0.05) is 350 Å². The topological polar surface area (TPSA) is 237 Å². The van der Waals surface area contributed by atoms with Crippen molar-refractivity contribution in [3.63, 3.8) is 0 Å². The molecule has 3 unspecified atom stereocenters. The smallest absolute Gasteiger partial charge is 0.462 e. The highest BCUT2D eigenvalue weighted by molar-refractivity contribution is 7.47. The van der Waals surface area contributed by atoms with Crippen LogP contribution < -0.4 is 0 Å². The van der Waals surface area contributed by atoms with Crippen molar-refractivity contribution < 1.29 is 80.2 Å². The third kappa shape index (κ3) is 69.2. The molecule has 0 aromatic heterocycles. The molecule has 0 spiro atoms. The number of phosphoric ester groups is 2. The molecule has 0 fully saturated rings. The summed E-state index contributed by atoms with van der Waals surface area (Å²) >= 11 is 0. The van der Waals surface area contributed by atoms with Crippen LogP contribution in [0.1, 0.15) is 401 Å². The Bertz CT molecular complexity index is 1860. The highest BCUT2D eigenvalue weighted by Crippen LogP contribution is 2.45. The van der Waals surface area contributed by atoms with E-state index in [1.165, 1.54) is 205 Å². The van der Waals surface area contributed by atoms with Crippen molar-refractivity contribution >= 4 is 39.5 Å². The fourth-order valence-electron chi connectivity index (χ4n) is 11.8. The van der Waals surface area contributed by atoms with Gasteiger partial charge in [-0.3, -0.25) is 37.3 Å². The molecule has 0 aliphatic rings. The first-order valence-corrected chi connectivity index (χ1v) is 43.0. The maximum atomic E-state index is 13.1. The van der Waals surface area contributed by atoms with Crippen LogP contribution in [0.15, 0.2) is 0 Å². The van der Waals surface area contributed by atoms with Crippen molar-refractivity contribution in [2.75, 3.05) is 39.6 Å². The Hall–Kier alpha value is -1.94. The van der Waals surface area contributed by atoms with E-state index < -0.39 is 97.5 Å². The summed E-state index contributed by atoms with van der Waals surface area (Å²) in [5.74, 6) is -0.465. The molecule has 3 N–H and O–H groups in total. The average Bonchev–Trinajstić information content (AvgIpc) is 1.21. The van der Waals surface area contributed by atoms with Crippen LogP contribution in [0.2, 0.25) is 0 Å². The van der Waals surface area contributed by atoms with Crippen molar-refractivity contribution in [2.45, 2.75) is 419 Å². The molecule has 19 heteroatoms. The Morgan fingerprint density at radius 2 is 0.531 bits per heavy atom. The number of esters is 4. The quantitative estimate of drug-likeness (QED) is 0.0222. The first kappa shape index (κ1) is 94.1. The zero-order valence-corrected chi connectivity index (χ0v) is 64.5. The Morgan fingerprint density at radius 1 is 0.302 bits per heavy atom. The number of hydrogen-bond donors (Lipinski definition) is 3. The minimum atomic E-state index is -4.96. The lowest BCUT2D eigenvalue weighted by molar-refractivity contribution is -0.161. The summed E-state index contributed by atoms with van der Waals surface area (Å²) in [6.45, 7) is 9.65. The van der Waals surface area contributed by atoms with E-state index in [1.807, 2.05) is 0 Å². The van der Waals surface area contributed by atoms with Gasteiger partial charge in [0, 0.05) is 25.7 Å². The van der Waals surface area contributed by atoms with Crippen LogP contribution in [0, 0.1) is 11.8 Å². The van der Waals surface area contributed by atoms with Crippen LogP contribution in [-0.2, 0) is 65.4 Å². The summed E-state index contributed by atoms with van der Waals surface area (Å²) in [5, 5.41) is 10.6. The molecule has 0 amide bonds. The van der Waals surface area contributed by atoms with Crippen molar-refractivity contribution in [3.05, 3.63) is 0 Å². The van der Waals surface area contributed by atoms with E-state index in [9.17, 15) is 43.2 Å². The normalized spacial score (nSPS) is 14.3. The standard InChI is InChI=1S/C77H150O17P2/c1-7-10-12-14-16-17-18-24-32-37-43-49-55-61-76(81)93-72(65-87-74(79)59-53-47-39-15-13-11-8-2)67-91-95(83,84)89-63-71(78)64-90-96(85,86)92-68-73(94-77(82)62-56-50-44-38-33-28-21-19-20-25-29-34-40-45-51-57-69(4)5)66-88-75(80)60-54-48-42-36-31-27-23-22-26-30-35-41-46-52-58-70(6)9-3/h69-73,78H,7-68H2,1-6H3,(H,83,84)(H,85,86)/t70?,71-,72+,73+/m0/s1. The van der Waals surface area contributed by atoms with Crippen molar-refractivity contribution in [1.82, 2.24) is 0 Å². The molecule has 0 aromatic rings. The summed E-state index contributed by atoms with van der Waals surface area (Å²) < 4.78 is 68.5. The number of carbonyl (C=O) groups excluding carboxylic acids is 4. The Labute approximate surface area is 588 Å². The molecule has 0 aliphatic carbocycles.